The second-order valence-electron chi connectivity index (χ2n) is 5.74. The number of fused-ring (bicyclic) bond motifs is 1. The smallest absolute Gasteiger partial charge is 0.123 e. The van der Waals surface area contributed by atoms with Crippen molar-refractivity contribution in [3.8, 4) is 0 Å². The van der Waals surface area contributed by atoms with Gasteiger partial charge in [0.2, 0.25) is 0 Å². The number of hydrogen-bond acceptors (Lipinski definition) is 2. The van der Waals surface area contributed by atoms with Crippen LogP contribution in [0.2, 0.25) is 0 Å². The lowest BCUT2D eigenvalue weighted by Crippen LogP contribution is -2.18. The number of rotatable bonds is 1. The first kappa shape index (κ1) is 12.6. The summed E-state index contributed by atoms with van der Waals surface area (Å²) < 4.78 is 0. The maximum atomic E-state index is 7.74. The molecule has 0 spiro atoms. The average Bonchev–Trinajstić information content (AvgIpc) is 2.25. The van der Waals surface area contributed by atoms with Gasteiger partial charge in [-0.1, -0.05) is 32.4 Å². The normalized spacial score (nSPS) is 11.8. The first-order valence-corrected chi connectivity index (χ1v) is 6.05. The third kappa shape index (κ3) is 2.21. The van der Waals surface area contributed by atoms with Gasteiger partial charge in [0.05, 0.1) is 5.52 Å². The van der Waals surface area contributed by atoms with Crippen LogP contribution in [-0.4, -0.2) is 10.8 Å². The predicted octanol–water partition coefficient (Wildman–Crippen LogP) is 3.12. The monoisotopic (exact) mass is 241 g/mol. The van der Waals surface area contributed by atoms with Crippen LogP contribution >= 0.6 is 0 Å². The molecule has 18 heavy (non-hydrogen) atoms. The zero-order valence-corrected chi connectivity index (χ0v) is 11.3. The van der Waals surface area contributed by atoms with Crippen molar-refractivity contribution in [2.24, 2.45) is 5.73 Å². The van der Waals surface area contributed by atoms with Crippen LogP contribution in [0.5, 0.6) is 0 Å². The van der Waals surface area contributed by atoms with Crippen LogP contribution in [0.4, 0.5) is 0 Å². The van der Waals surface area contributed by atoms with E-state index in [0.717, 1.165) is 27.7 Å². The highest BCUT2D eigenvalue weighted by Gasteiger charge is 2.18. The maximum Gasteiger partial charge on any atom is 0.123 e. The van der Waals surface area contributed by atoms with E-state index >= 15 is 0 Å². The fourth-order valence-electron chi connectivity index (χ4n) is 1.95. The second-order valence-corrected chi connectivity index (χ2v) is 5.74. The molecule has 1 aromatic carbocycles. The molecule has 0 saturated heterocycles. The molecule has 0 atom stereocenters. The van der Waals surface area contributed by atoms with Crippen molar-refractivity contribution < 1.29 is 0 Å². The van der Waals surface area contributed by atoms with Gasteiger partial charge in [0, 0.05) is 22.1 Å². The summed E-state index contributed by atoms with van der Waals surface area (Å²) in [6.07, 6.45) is 0. The Bertz CT molecular complexity index is 621. The number of nitrogens with two attached hydrogens (primary N) is 1. The first-order valence-electron chi connectivity index (χ1n) is 6.05. The van der Waals surface area contributed by atoms with Gasteiger partial charge in [0.1, 0.15) is 5.84 Å². The van der Waals surface area contributed by atoms with Gasteiger partial charge < -0.3 is 5.73 Å². The summed E-state index contributed by atoms with van der Waals surface area (Å²) in [6, 6.07) is 7.99. The van der Waals surface area contributed by atoms with E-state index in [0.29, 0.717) is 0 Å². The molecule has 0 amide bonds. The van der Waals surface area contributed by atoms with Crippen molar-refractivity contribution in [3.63, 3.8) is 0 Å². The SMILES string of the molecule is Cc1ccc2nc(C(C)(C)C)cc(C(=N)N)c2c1. The minimum Gasteiger partial charge on any atom is -0.384 e. The third-order valence-corrected chi connectivity index (χ3v) is 3.02. The van der Waals surface area contributed by atoms with Crippen LogP contribution in [0.3, 0.4) is 0 Å². The van der Waals surface area contributed by atoms with E-state index in [1.807, 2.05) is 31.2 Å². The molecule has 0 fully saturated rings. The summed E-state index contributed by atoms with van der Waals surface area (Å²) in [5.74, 6) is 0.0958. The zero-order chi connectivity index (χ0) is 13.5. The number of nitrogens with zero attached hydrogens (tertiary/aromatic N) is 1. The Morgan fingerprint density at radius 3 is 2.44 bits per heavy atom. The molecule has 0 aliphatic rings. The lowest BCUT2D eigenvalue weighted by atomic mass is 9.89. The number of pyridine rings is 1. The van der Waals surface area contributed by atoms with E-state index in [2.05, 4.69) is 25.8 Å². The molecule has 1 heterocycles. The zero-order valence-electron chi connectivity index (χ0n) is 11.3. The summed E-state index contributed by atoms with van der Waals surface area (Å²) in [5, 5.41) is 8.69. The molecule has 0 saturated carbocycles. The van der Waals surface area contributed by atoms with Crippen molar-refractivity contribution >= 4 is 16.7 Å². The van der Waals surface area contributed by atoms with E-state index < -0.39 is 0 Å². The largest absolute Gasteiger partial charge is 0.384 e. The van der Waals surface area contributed by atoms with Crippen molar-refractivity contribution in [1.82, 2.24) is 4.98 Å². The molecule has 2 rings (SSSR count). The first-order chi connectivity index (χ1) is 8.29. The van der Waals surface area contributed by atoms with E-state index in [-0.39, 0.29) is 11.3 Å². The predicted molar refractivity (Wildman–Crippen MR) is 76.2 cm³/mol. The van der Waals surface area contributed by atoms with Crippen LogP contribution in [0, 0.1) is 12.3 Å². The summed E-state index contributed by atoms with van der Waals surface area (Å²) in [7, 11) is 0. The molecular weight excluding hydrogens is 222 g/mol. The molecule has 0 unspecified atom stereocenters. The number of aryl methyl sites for hydroxylation is 1. The number of nitrogen functional groups attached to an aromatic ring is 1. The van der Waals surface area contributed by atoms with Crippen molar-refractivity contribution in [3.05, 3.63) is 41.1 Å². The number of aromatic nitrogens is 1. The lowest BCUT2D eigenvalue weighted by molar-refractivity contribution is 0.571. The lowest BCUT2D eigenvalue weighted by Gasteiger charge is -2.20. The molecule has 0 aliphatic carbocycles. The third-order valence-electron chi connectivity index (χ3n) is 3.02. The summed E-state index contributed by atoms with van der Waals surface area (Å²) in [4.78, 5) is 4.68. The Balaban J connectivity index is 2.83. The van der Waals surface area contributed by atoms with Crippen LogP contribution in [0.25, 0.3) is 10.9 Å². The molecule has 0 bridgehead atoms. The molecule has 94 valence electrons. The van der Waals surface area contributed by atoms with Gasteiger partial charge in [-0.15, -0.1) is 0 Å². The number of benzene rings is 1. The van der Waals surface area contributed by atoms with Gasteiger partial charge in [0.15, 0.2) is 0 Å². The second kappa shape index (κ2) is 4.09. The highest BCUT2D eigenvalue weighted by Crippen LogP contribution is 2.26. The molecule has 3 heteroatoms. The standard InChI is InChI=1S/C15H19N3/c1-9-5-6-12-10(7-9)11(14(16)17)8-13(18-12)15(2,3)4/h5-8H,1-4H3,(H3,16,17). The summed E-state index contributed by atoms with van der Waals surface area (Å²) >= 11 is 0. The van der Waals surface area contributed by atoms with Crippen LogP contribution in [0.1, 0.15) is 37.6 Å². The average molecular weight is 241 g/mol. The Morgan fingerprint density at radius 2 is 1.89 bits per heavy atom. The van der Waals surface area contributed by atoms with E-state index in [9.17, 15) is 0 Å². The molecular formula is C15H19N3. The minimum atomic E-state index is -0.0523. The Morgan fingerprint density at radius 1 is 1.22 bits per heavy atom. The Hall–Kier alpha value is -1.90. The summed E-state index contributed by atoms with van der Waals surface area (Å²) in [6.45, 7) is 8.36. The topological polar surface area (TPSA) is 62.8 Å². The highest BCUT2D eigenvalue weighted by atomic mass is 14.7. The van der Waals surface area contributed by atoms with E-state index in [1.165, 1.54) is 0 Å². The molecule has 2 aromatic rings. The van der Waals surface area contributed by atoms with Crippen molar-refractivity contribution in [2.75, 3.05) is 0 Å². The molecule has 3 N–H and O–H groups in total. The number of hydrogen-bond donors (Lipinski definition) is 2. The molecule has 0 radical (unpaired) electrons. The minimum absolute atomic E-state index is 0.0523. The van der Waals surface area contributed by atoms with Gasteiger partial charge in [-0.05, 0) is 25.1 Å². The molecule has 3 nitrogen and oxygen atoms in total. The highest BCUT2D eigenvalue weighted by molar-refractivity contribution is 6.06. The van der Waals surface area contributed by atoms with Crippen LogP contribution in [0.15, 0.2) is 24.3 Å². The maximum absolute atomic E-state index is 7.74. The Labute approximate surface area is 108 Å². The number of nitrogens with one attached hydrogen (secondary N) is 1. The van der Waals surface area contributed by atoms with Crippen LogP contribution in [-0.2, 0) is 5.41 Å². The fraction of sp³-hybridized carbons (Fsp3) is 0.333. The van der Waals surface area contributed by atoms with Gasteiger partial charge in [0.25, 0.3) is 0 Å². The van der Waals surface area contributed by atoms with E-state index in [4.69, 9.17) is 11.1 Å². The van der Waals surface area contributed by atoms with Gasteiger partial charge >= 0.3 is 0 Å². The van der Waals surface area contributed by atoms with Gasteiger partial charge in [-0.25, -0.2) is 0 Å². The van der Waals surface area contributed by atoms with Crippen molar-refractivity contribution in [1.29, 1.82) is 5.41 Å². The Kier molecular flexibility index (Phi) is 2.85. The van der Waals surface area contributed by atoms with Crippen LogP contribution < -0.4 is 5.73 Å². The molecule has 0 aliphatic heterocycles. The molecule has 1 aromatic heterocycles. The van der Waals surface area contributed by atoms with Crippen molar-refractivity contribution in [2.45, 2.75) is 33.1 Å². The van der Waals surface area contributed by atoms with Gasteiger partial charge in [-0.3, -0.25) is 10.4 Å². The van der Waals surface area contributed by atoms with E-state index in [1.54, 1.807) is 0 Å². The van der Waals surface area contributed by atoms with Gasteiger partial charge in [-0.2, -0.15) is 0 Å². The summed E-state index contributed by atoms with van der Waals surface area (Å²) in [5.41, 5.74) is 9.43. The number of amidine groups is 1. The fourth-order valence-corrected chi connectivity index (χ4v) is 1.95. The quantitative estimate of drug-likeness (QED) is 0.595.